The summed E-state index contributed by atoms with van der Waals surface area (Å²) in [5.74, 6) is -3.02. The van der Waals surface area contributed by atoms with E-state index in [4.69, 9.17) is 38.2 Å². The van der Waals surface area contributed by atoms with E-state index in [2.05, 4.69) is 5.32 Å². The number of halogens is 2. The Morgan fingerprint density at radius 3 is 2.29 bits per heavy atom. The zero-order chi connectivity index (χ0) is 25.5. The van der Waals surface area contributed by atoms with Crippen LogP contribution >= 0.6 is 23.2 Å². The molecule has 10 nitrogen and oxygen atoms in total. The molecule has 2 aromatic carbocycles. The molecule has 1 amide bonds. The molecular weight excluding hydrogens is 511 g/mol. The summed E-state index contributed by atoms with van der Waals surface area (Å²) in [6.45, 7) is -0.100. The number of rotatable bonds is 11. The molecule has 2 rings (SSSR count). The van der Waals surface area contributed by atoms with Gasteiger partial charge in [0.25, 0.3) is 0 Å². The predicted molar refractivity (Wildman–Crippen MR) is 122 cm³/mol. The monoisotopic (exact) mass is 530 g/mol. The second-order valence-electron chi connectivity index (χ2n) is 7.04. The van der Waals surface area contributed by atoms with Crippen LogP contribution in [0.3, 0.4) is 0 Å². The summed E-state index contributed by atoms with van der Waals surface area (Å²) < 4.78 is 28.4. The van der Waals surface area contributed by atoms with Gasteiger partial charge in [-0.25, -0.2) is 18.4 Å². The molecular formula is C21H20Cl2N2O8S. The summed E-state index contributed by atoms with van der Waals surface area (Å²) in [7, 11) is -4.28. The number of benzene rings is 2. The Kier molecular flexibility index (Phi) is 9.56. The third-order valence-corrected chi connectivity index (χ3v) is 6.29. The van der Waals surface area contributed by atoms with E-state index in [0.29, 0.717) is 5.56 Å². The van der Waals surface area contributed by atoms with Crippen LogP contribution in [0.1, 0.15) is 35.2 Å². The summed E-state index contributed by atoms with van der Waals surface area (Å²) >= 11 is 12.0. The van der Waals surface area contributed by atoms with Crippen LogP contribution in [0.15, 0.2) is 47.4 Å². The molecule has 0 saturated carbocycles. The minimum absolute atomic E-state index is 0.100. The molecule has 0 spiro atoms. The molecule has 0 saturated heterocycles. The summed E-state index contributed by atoms with van der Waals surface area (Å²) in [6.07, 6.45) is -2.64. The van der Waals surface area contributed by atoms with Crippen molar-refractivity contribution in [2.45, 2.75) is 36.8 Å². The zero-order valence-corrected chi connectivity index (χ0v) is 19.8. The van der Waals surface area contributed by atoms with Gasteiger partial charge in [0, 0.05) is 6.42 Å². The van der Waals surface area contributed by atoms with Crippen molar-refractivity contribution < 1.29 is 37.4 Å². The number of carboxylic acids is 1. The molecule has 0 bridgehead atoms. The Hall–Kier alpha value is -2.99. The number of sulfonamides is 1. The maximum absolute atomic E-state index is 12.7. The number of carboxylic acid groups (broad SMARTS) is 1. The highest BCUT2D eigenvalue weighted by molar-refractivity contribution is 7.89. The molecule has 34 heavy (non-hydrogen) atoms. The van der Waals surface area contributed by atoms with Crippen molar-refractivity contribution in [1.82, 2.24) is 5.32 Å². The lowest BCUT2D eigenvalue weighted by molar-refractivity contribution is -0.137. The summed E-state index contributed by atoms with van der Waals surface area (Å²) in [5.41, 5.74) is 0.243. The fourth-order valence-corrected chi connectivity index (χ4v) is 4.38. The van der Waals surface area contributed by atoms with Crippen molar-refractivity contribution >= 4 is 56.9 Å². The van der Waals surface area contributed by atoms with Gasteiger partial charge >= 0.3 is 12.1 Å². The van der Waals surface area contributed by atoms with Crippen LogP contribution in [-0.2, 0) is 31.0 Å². The van der Waals surface area contributed by atoms with Crippen LogP contribution in [0.4, 0.5) is 4.79 Å². The smallest absolute Gasteiger partial charge is 0.408 e. The maximum atomic E-state index is 12.7. The first-order valence-electron chi connectivity index (χ1n) is 9.66. The Balaban J connectivity index is 2.16. The van der Waals surface area contributed by atoms with E-state index in [1.54, 1.807) is 30.3 Å². The lowest BCUT2D eigenvalue weighted by Crippen LogP contribution is -2.42. The second kappa shape index (κ2) is 11.9. The average molecular weight is 531 g/mol. The largest absolute Gasteiger partial charge is 0.481 e. The van der Waals surface area contributed by atoms with Crippen LogP contribution in [0.25, 0.3) is 0 Å². The number of hydrogen-bond donors (Lipinski definition) is 3. The van der Waals surface area contributed by atoms with Crippen molar-refractivity contribution in [1.29, 1.82) is 0 Å². The molecule has 4 N–H and O–H groups in total. The fourth-order valence-electron chi connectivity index (χ4n) is 2.87. The number of carbonyl (C=O) groups is 4. The molecule has 0 unspecified atom stereocenters. The SMILES string of the molecule is NS(=O)(=O)c1ccc(Cl)c(C(=O)CC(=O)[C@H](CCC(=O)O)NC(=O)OCc2ccccc2)c1Cl. The average Bonchev–Trinajstić information content (AvgIpc) is 2.74. The molecule has 0 aliphatic carbocycles. The number of alkyl carbamates (subject to hydrolysis) is 1. The van der Waals surface area contributed by atoms with Crippen LogP contribution in [0.2, 0.25) is 10.0 Å². The summed E-state index contributed by atoms with van der Waals surface area (Å²) in [6, 6.07) is 9.40. The minimum atomic E-state index is -4.28. The normalized spacial score (nSPS) is 12.0. The minimum Gasteiger partial charge on any atom is -0.481 e. The van der Waals surface area contributed by atoms with E-state index in [9.17, 15) is 27.6 Å². The van der Waals surface area contributed by atoms with Gasteiger partial charge in [0.05, 0.1) is 28.1 Å². The third kappa shape index (κ3) is 7.80. The number of ether oxygens (including phenoxy) is 1. The van der Waals surface area contributed by atoms with Gasteiger partial charge in [-0.05, 0) is 24.1 Å². The highest BCUT2D eigenvalue weighted by Crippen LogP contribution is 2.31. The van der Waals surface area contributed by atoms with Gasteiger partial charge < -0.3 is 15.2 Å². The molecule has 0 heterocycles. The standard InChI is InChI=1S/C21H20Cl2N2O8S/c22-13-6-8-17(34(24,31)32)20(23)19(13)16(27)10-15(26)14(7-9-18(28)29)25-21(30)33-11-12-4-2-1-3-5-12/h1-6,8,14H,7,9-11H2,(H,25,30)(H,28,29)(H2,24,31,32)/t14-/m0/s1. The van der Waals surface area contributed by atoms with Gasteiger partial charge in [-0.2, -0.15) is 0 Å². The number of ketones is 2. The van der Waals surface area contributed by atoms with E-state index < -0.39 is 68.0 Å². The van der Waals surface area contributed by atoms with Crippen molar-refractivity contribution in [3.05, 3.63) is 63.6 Å². The van der Waals surface area contributed by atoms with Gasteiger partial charge in [-0.15, -0.1) is 0 Å². The van der Waals surface area contributed by atoms with Crippen LogP contribution in [-0.4, -0.2) is 43.2 Å². The first-order chi connectivity index (χ1) is 15.9. The molecule has 0 fully saturated rings. The van der Waals surface area contributed by atoms with Gasteiger partial charge in [-0.1, -0.05) is 53.5 Å². The maximum Gasteiger partial charge on any atom is 0.408 e. The fraction of sp³-hybridized carbons (Fsp3) is 0.238. The van der Waals surface area contributed by atoms with Gasteiger partial charge in [0.1, 0.15) is 11.5 Å². The first kappa shape index (κ1) is 27.3. The Morgan fingerprint density at radius 1 is 1.06 bits per heavy atom. The summed E-state index contributed by atoms with van der Waals surface area (Å²) in [4.78, 5) is 48.0. The predicted octanol–water partition coefficient (Wildman–Crippen LogP) is 2.94. The number of carbonyl (C=O) groups excluding carboxylic acids is 3. The quantitative estimate of drug-likeness (QED) is 0.294. The summed E-state index contributed by atoms with van der Waals surface area (Å²) in [5, 5.41) is 15.5. The lowest BCUT2D eigenvalue weighted by Gasteiger charge is -2.17. The number of amides is 1. The molecule has 2 aromatic rings. The van der Waals surface area contributed by atoms with E-state index in [1.165, 1.54) is 0 Å². The number of hydrogen-bond acceptors (Lipinski definition) is 7. The molecule has 182 valence electrons. The zero-order valence-electron chi connectivity index (χ0n) is 17.5. The molecule has 0 aliphatic rings. The molecule has 0 aliphatic heterocycles. The van der Waals surface area contributed by atoms with Crippen molar-refractivity contribution in [2.24, 2.45) is 5.14 Å². The van der Waals surface area contributed by atoms with Crippen LogP contribution in [0, 0.1) is 0 Å². The number of nitrogens with one attached hydrogen (secondary N) is 1. The molecule has 0 aromatic heterocycles. The van der Waals surface area contributed by atoms with Crippen molar-refractivity contribution in [3.63, 3.8) is 0 Å². The molecule has 1 atom stereocenters. The molecule has 0 radical (unpaired) electrons. The highest BCUT2D eigenvalue weighted by atomic mass is 35.5. The van der Waals surface area contributed by atoms with Crippen molar-refractivity contribution in [2.75, 3.05) is 0 Å². The number of primary sulfonamides is 1. The van der Waals surface area contributed by atoms with Gasteiger partial charge in [0.2, 0.25) is 10.0 Å². The Labute approximate surface area is 205 Å². The van der Waals surface area contributed by atoms with Gasteiger partial charge in [0.15, 0.2) is 11.6 Å². The van der Waals surface area contributed by atoms with Crippen LogP contribution in [0.5, 0.6) is 0 Å². The topological polar surface area (TPSA) is 170 Å². The first-order valence-corrected chi connectivity index (χ1v) is 12.0. The highest BCUT2D eigenvalue weighted by Gasteiger charge is 2.28. The second-order valence-corrected chi connectivity index (χ2v) is 9.35. The third-order valence-electron chi connectivity index (χ3n) is 4.52. The van der Waals surface area contributed by atoms with Gasteiger partial charge in [-0.3, -0.25) is 14.4 Å². The van der Waals surface area contributed by atoms with E-state index in [-0.39, 0.29) is 18.1 Å². The van der Waals surface area contributed by atoms with E-state index >= 15 is 0 Å². The number of Topliss-reactive ketones (excluding diaryl/α,β-unsaturated/α-hetero) is 2. The number of nitrogens with two attached hydrogens (primary N) is 1. The Bertz CT molecular complexity index is 1200. The van der Waals surface area contributed by atoms with E-state index in [0.717, 1.165) is 12.1 Å². The Morgan fingerprint density at radius 2 is 1.71 bits per heavy atom. The van der Waals surface area contributed by atoms with E-state index in [1.807, 2.05) is 0 Å². The molecule has 13 heteroatoms. The lowest BCUT2D eigenvalue weighted by atomic mass is 9.99. The van der Waals surface area contributed by atoms with Crippen LogP contribution < -0.4 is 10.5 Å². The number of aliphatic carboxylic acids is 1. The van der Waals surface area contributed by atoms with Crippen molar-refractivity contribution in [3.8, 4) is 0 Å².